The van der Waals surface area contributed by atoms with Crippen LogP contribution in [-0.4, -0.2) is 0 Å². The Bertz CT molecular complexity index is 485. The van der Waals surface area contributed by atoms with E-state index in [4.69, 9.17) is 33.5 Å². The summed E-state index contributed by atoms with van der Waals surface area (Å²) in [6, 6.07) is 8.99. The van der Waals surface area contributed by atoms with E-state index >= 15 is 0 Å². The summed E-state index contributed by atoms with van der Waals surface area (Å²) in [5.74, 6) is 6.29. The number of furan rings is 1. The second-order valence-corrected chi connectivity index (χ2v) is 4.52. The van der Waals surface area contributed by atoms with Gasteiger partial charge in [-0.25, -0.2) is 5.43 Å². The normalized spacial score (nSPS) is 12.6. The highest BCUT2D eigenvalue weighted by atomic mass is 35.5. The van der Waals surface area contributed by atoms with Crippen molar-refractivity contribution in [3.63, 3.8) is 0 Å². The second kappa shape index (κ2) is 5.56. The molecular formula is C12H12Cl2N2O. The predicted molar refractivity (Wildman–Crippen MR) is 68.9 cm³/mol. The second-order valence-electron chi connectivity index (χ2n) is 3.67. The minimum absolute atomic E-state index is 0.108. The van der Waals surface area contributed by atoms with Crippen LogP contribution in [0.4, 0.5) is 0 Å². The topological polar surface area (TPSA) is 51.2 Å². The van der Waals surface area contributed by atoms with E-state index in [-0.39, 0.29) is 6.04 Å². The Labute approximate surface area is 109 Å². The Morgan fingerprint density at radius 3 is 2.71 bits per heavy atom. The summed E-state index contributed by atoms with van der Waals surface area (Å²) in [6.07, 6.45) is 2.25. The van der Waals surface area contributed by atoms with E-state index in [2.05, 4.69) is 5.43 Å². The minimum atomic E-state index is -0.108. The van der Waals surface area contributed by atoms with Gasteiger partial charge in [0.1, 0.15) is 5.76 Å². The Morgan fingerprint density at radius 1 is 1.29 bits per heavy atom. The quantitative estimate of drug-likeness (QED) is 0.662. The third-order valence-corrected chi connectivity index (χ3v) is 3.11. The van der Waals surface area contributed by atoms with Gasteiger partial charge in [0.2, 0.25) is 0 Å². The van der Waals surface area contributed by atoms with Crippen molar-refractivity contribution in [2.75, 3.05) is 0 Å². The zero-order valence-corrected chi connectivity index (χ0v) is 10.5. The molecule has 0 spiro atoms. The molecule has 0 radical (unpaired) electrons. The number of hydrazine groups is 1. The standard InChI is InChI=1S/C12H12Cl2N2O/c13-9-4-3-8(10(14)7-9)6-11(16-15)12-2-1-5-17-12/h1-5,7,11,16H,6,15H2. The maximum Gasteiger partial charge on any atom is 0.122 e. The van der Waals surface area contributed by atoms with Crippen LogP contribution >= 0.6 is 23.2 Å². The Hall–Kier alpha value is -1.00. The molecule has 3 nitrogen and oxygen atoms in total. The average Bonchev–Trinajstić information content (AvgIpc) is 2.81. The minimum Gasteiger partial charge on any atom is -0.468 e. The number of rotatable bonds is 4. The number of nitrogens with two attached hydrogens (primary N) is 1. The van der Waals surface area contributed by atoms with Crippen LogP contribution in [0.15, 0.2) is 41.0 Å². The molecule has 0 bridgehead atoms. The highest BCUT2D eigenvalue weighted by Gasteiger charge is 2.14. The van der Waals surface area contributed by atoms with Crippen molar-refractivity contribution in [1.29, 1.82) is 0 Å². The van der Waals surface area contributed by atoms with Crippen molar-refractivity contribution in [3.8, 4) is 0 Å². The monoisotopic (exact) mass is 270 g/mol. The molecule has 0 aliphatic carbocycles. The van der Waals surface area contributed by atoms with Gasteiger partial charge in [-0.1, -0.05) is 29.3 Å². The summed E-state index contributed by atoms with van der Waals surface area (Å²) in [4.78, 5) is 0. The molecule has 5 heteroatoms. The fourth-order valence-electron chi connectivity index (χ4n) is 1.64. The first kappa shape index (κ1) is 12.5. The largest absolute Gasteiger partial charge is 0.468 e. The van der Waals surface area contributed by atoms with Gasteiger partial charge in [-0.15, -0.1) is 0 Å². The molecule has 1 aromatic carbocycles. The average molecular weight is 271 g/mol. The molecule has 1 heterocycles. The van der Waals surface area contributed by atoms with E-state index < -0.39 is 0 Å². The molecule has 1 aromatic heterocycles. The summed E-state index contributed by atoms with van der Waals surface area (Å²) < 4.78 is 5.31. The maximum atomic E-state index is 6.11. The first-order chi connectivity index (χ1) is 8.20. The van der Waals surface area contributed by atoms with Crippen LogP contribution in [0.2, 0.25) is 10.0 Å². The van der Waals surface area contributed by atoms with Gasteiger partial charge in [-0.3, -0.25) is 5.84 Å². The van der Waals surface area contributed by atoms with E-state index in [1.807, 2.05) is 18.2 Å². The van der Waals surface area contributed by atoms with Crippen LogP contribution < -0.4 is 11.3 Å². The molecule has 0 aliphatic rings. The fourth-order valence-corrected chi connectivity index (χ4v) is 2.12. The Balaban J connectivity index is 2.19. The molecular weight excluding hydrogens is 259 g/mol. The van der Waals surface area contributed by atoms with Crippen LogP contribution in [0.1, 0.15) is 17.4 Å². The van der Waals surface area contributed by atoms with Crippen molar-refractivity contribution in [2.24, 2.45) is 5.84 Å². The molecule has 0 aliphatic heterocycles. The van der Waals surface area contributed by atoms with E-state index in [1.54, 1.807) is 18.4 Å². The summed E-state index contributed by atoms with van der Waals surface area (Å²) >= 11 is 12.0. The smallest absolute Gasteiger partial charge is 0.122 e. The number of benzene rings is 1. The van der Waals surface area contributed by atoms with Crippen molar-refractivity contribution in [2.45, 2.75) is 12.5 Å². The van der Waals surface area contributed by atoms with E-state index in [1.165, 1.54) is 0 Å². The molecule has 1 atom stereocenters. The molecule has 3 N–H and O–H groups in total. The van der Waals surface area contributed by atoms with Gasteiger partial charge < -0.3 is 4.42 Å². The lowest BCUT2D eigenvalue weighted by molar-refractivity contribution is 0.416. The zero-order valence-electron chi connectivity index (χ0n) is 8.99. The Kier molecular flexibility index (Phi) is 4.07. The van der Waals surface area contributed by atoms with Crippen molar-refractivity contribution < 1.29 is 4.42 Å². The SMILES string of the molecule is NNC(Cc1ccc(Cl)cc1Cl)c1ccco1. The van der Waals surface area contributed by atoms with Crippen molar-refractivity contribution >= 4 is 23.2 Å². The fraction of sp³-hybridized carbons (Fsp3) is 0.167. The van der Waals surface area contributed by atoms with Crippen LogP contribution in [0.25, 0.3) is 0 Å². The third-order valence-electron chi connectivity index (χ3n) is 2.53. The molecule has 1 unspecified atom stereocenters. The van der Waals surface area contributed by atoms with Crippen molar-refractivity contribution in [1.82, 2.24) is 5.43 Å². The van der Waals surface area contributed by atoms with Crippen LogP contribution in [0.3, 0.4) is 0 Å². The van der Waals surface area contributed by atoms with Gasteiger partial charge in [0.15, 0.2) is 0 Å². The van der Waals surface area contributed by atoms with Gasteiger partial charge in [-0.05, 0) is 36.2 Å². The number of hydrogen-bond donors (Lipinski definition) is 2. The highest BCUT2D eigenvalue weighted by Crippen LogP contribution is 2.26. The third kappa shape index (κ3) is 3.01. The molecule has 17 heavy (non-hydrogen) atoms. The first-order valence-corrected chi connectivity index (χ1v) is 5.89. The lowest BCUT2D eigenvalue weighted by atomic mass is 10.0. The summed E-state index contributed by atoms with van der Waals surface area (Å²) in [7, 11) is 0. The number of nitrogens with one attached hydrogen (secondary N) is 1. The lowest BCUT2D eigenvalue weighted by Gasteiger charge is -2.14. The molecule has 2 aromatic rings. The number of hydrogen-bond acceptors (Lipinski definition) is 3. The van der Waals surface area contributed by atoms with Crippen molar-refractivity contribution in [3.05, 3.63) is 58.0 Å². The van der Waals surface area contributed by atoms with Gasteiger partial charge in [0.25, 0.3) is 0 Å². The molecule has 0 fully saturated rings. The predicted octanol–water partition coefficient (Wildman–Crippen LogP) is 3.33. The summed E-state index contributed by atoms with van der Waals surface area (Å²) in [5.41, 5.74) is 3.68. The summed E-state index contributed by atoms with van der Waals surface area (Å²) in [5, 5.41) is 1.25. The first-order valence-electron chi connectivity index (χ1n) is 5.14. The lowest BCUT2D eigenvalue weighted by Crippen LogP contribution is -2.29. The van der Waals surface area contributed by atoms with Crippen LogP contribution in [0, 0.1) is 0 Å². The van der Waals surface area contributed by atoms with Crippen LogP contribution in [-0.2, 0) is 6.42 Å². The maximum absolute atomic E-state index is 6.11. The highest BCUT2D eigenvalue weighted by molar-refractivity contribution is 6.35. The molecule has 2 rings (SSSR count). The van der Waals surface area contributed by atoms with Gasteiger partial charge in [0, 0.05) is 10.0 Å². The molecule has 90 valence electrons. The zero-order chi connectivity index (χ0) is 12.3. The van der Waals surface area contributed by atoms with Gasteiger partial charge in [-0.2, -0.15) is 0 Å². The van der Waals surface area contributed by atoms with Gasteiger partial charge in [0.05, 0.1) is 12.3 Å². The van der Waals surface area contributed by atoms with Crippen LogP contribution in [0.5, 0.6) is 0 Å². The molecule has 0 amide bonds. The number of halogens is 2. The molecule has 0 saturated heterocycles. The van der Waals surface area contributed by atoms with E-state index in [9.17, 15) is 0 Å². The van der Waals surface area contributed by atoms with E-state index in [0.29, 0.717) is 16.5 Å². The summed E-state index contributed by atoms with van der Waals surface area (Å²) in [6.45, 7) is 0. The molecule has 0 saturated carbocycles. The van der Waals surface area contributed by atoms with E-state index in [0.717, 1.165) is 11.3 Å². The Morgan fingerprint density at radius 2 is 2.12 bits per heavy atom. The van der Waals surface area contributed by atoms with Gasteiger partial charge >= 0.3 is 0 Å².